The minimum atomic E-state index is 0.0379. The topological polar surface area (TPSA) is 114 Å². The van der Waals surface area contributed by atoms with Crippen molar-refractivity contribution in [3.8, 4) is 23.1 Å². The predicted octanol–water partition coefficient (Wildman–Crippen LogP) is 2.96. The lowest BCUT2D eigenvalue weighted by Crippen LogP contribution is -2.09. The van der Waals surface area contributed by atoms with Gasteiger partial charge in [0.25, 0.3) is 0 Å². The summed E-state index contributed by atoms with van der Waals surface area (Å²) in [5, 5.41) is 9.32. The molecule has 0 unspecified atom stereocenters. The number of nitrogen functional groups attached to an aromatic ring is 2. The van der Waals surface area contributed by atoms with Gasteiger partial charge in [-0.15, -0.1) is 0 Å². The Balaban J connectivity index is 1.92. The van der Waals surface area contributed by atoms with Gasteiger partial charge in [-0.3, -0.25) is 0 Å². The van der Waals surface area contributed by atoms with E-state index in [1.165, 1.54) is 0 Å². The van der Waals surface area contributed by atoms with E-state index in [0.29, 0.717) is 5.69 Å². The van der Waals surface area contributed by atoms with Crippen molar-refractivity contribution in [2.24, 2.45) is 0 Å². The third-order valence-corrected chi connectivity index (χ3v) is 4.05. The molecule has 0 amide bonds. The Labute approximate surface area is 151 Å². The number of hydrogen-bond acceptors (Lipinski definition) is 7. The highest BCUT2D eigenvalue weighted by Gasteiger charge is 2.13. The van der Waals surface area contributed by atoms with E-state index >= 15 is 0 Å². The van der Waals surface area contributed by atoms with Gasteiger partial charge in [-0.2, -0.15) is 10.2 Å². The summed E-state index contributed by atoms with van der Waals surface area (Å²) in [5.74, 6) is 0.922. The Hall–Kier alpha value is -3.79. The van der Waals surface area contributed by atoms with Crippen LogP contribution in [0.1, 0.15) is 5.56 Å². The molecule has 0 spiro atoms. The fourth-order valence-corrected chi connectivity index (χ4v) is 2.61. The molecule has 7 heteroatoms. The molecular formula is C19H18N6O. The maximum absolute atomic E-state index is 9.32. The van der Waals surface area contributed by atoms with E-state index in [1.54, 1.807) is 7.11 Å². The van der Waals surface area contributed by atoms with E-state index in [2.05, 4.69) is 9.97 Å². The third-order valence-electron chi connectivity index (χ3n) is 4.05. The molecule has 2 aromatic carbocycles. The van der Waals surface area contributed by atoms with Gasteiger partial charge in [0.2, 0.25) is 5.95 Å². The summed E-state index contributed by atoms with van der Waals surface area (Å²) in [6.45, 7) is 0. The van der Waals surface area contributed by atoms with Gasteiger partial charge < -0.3 is 21.1 Å². The van der Waals surface area contributed by atoms with Crippen LogP contribution in [0.3, 0.4) is 0 Å². The molecule has 130 valence electrons. The standard InChI is InChI=1S/C19H18N6O/c1-25(14-7-9-15(26-2)10-8-14)13-5-3-12(4-6-13)17-16(11-20)18(21)24-19(22)23-17/h3-10H,1-2H3,(H4,21,22,23,24). The van der Waals surface area contributed by atoms with Crippen LogP contribution in [0.2, 0.25) is 0 Å². The number of nitrogens with zero attached hydrogens (tertiary/aromatic N) is 4. The average Bonchev–Trinajstić information content (AvgIpc) is 2.67. The highest BCUT2D eigenvalue weighted by Crippen LogP contribution is 2.30. The molecule has 0 radical (unpaired) electrons. The van der Waals surface area contributed by atoms with Gasteiger partial charge in [-0.1, -0.05) is 12.1 Å². The van der Waals surface area contributed by atoms with Crippen molar-refractivity contribution in [1.82, 2.24) is 9.97 Å². The van der Waals surface area contributed by atoms with Crippen molar-refractivity contribution in [1.29, 1.82) is 5.26 Å². The highest BCUT2D eigenvalue weighted by atomic mass is 16.5. The third kappa shape index (κ3) is 3.21. The Morgan fingerprint density at radius 3 is 2.08 bits per heavy atom. The van der Waals surface area contributed by atoms with Crippen molar-refractivity contribution in [2.45, 2.75) is 0 Å². The largest absolute Gasteiger partial charge is 0.497 e. The lowest BCUT2D eigenvalue weighted by molar-refractivity contribution is 0.415. The molecule has 1 heterocycles. The van der Waals surface area contributed by atoms with Crippen molar-refractivity contribution in [2.75, 3.05) is 30.5 Å². The molecule has 26 heavy (non-hydrogen) atoms. The number of methoxy groups -OCH3 is 1. The van der Waals surface area contributed by atoms with Crippen molar-refractivity contribution >= 4 is 23.1 Å². The number of nitrogens with two attached hydrogens (primary N) is 2. The molecule has 3 rings (SSSR count). The first-order valence-electron chi connectivity index (χ1n) is 7.84. The summed E-state index contributed by atoms with van der Waals surface area (Å²) < 4.78 is 5.18. The minimum absolute atomic E-state index is 0.0379. The van der Waals surface area contributed by atoms with E-state index < -0.39 is 0 Å². The molecule has 0 saturated heterocycles. The van der Waals surface area contributed by atoms with Crippen LogP contribution < -0.4 is 21.1 Å². The quantitative estimate of drug-likeness (QED) is 0.746. The predicted molar refractivity (Wildman–Crippen MR) is 102 cm³/mol. The lowest BCUT2D eigenvalue weighted by atomic mass is 10.1. The van der Waals surface area contributed by atoms with Crippen molar-refractivity contribution < 1.29 is 4.74 Å². The summed E-state index contributed by atoms with van der Waals surface area (Å²) >= 11 is 0. The molecule has 0 saturated carbocycles. The van der Waals surface area contributed by atoms with E-state index in [9.17, 15) is 5.26 Å². The first-order valence-corrected chi connectivity index (χ1v) is 7.84. The first-order chi connectivity index (χ1) is 12.5. The van der Waals surface area contributed by atoms with Crippen molar-refractivity contribution in [3.63, 3.8) is 0 Å². The van der Waals surface area contributed by atoms with Gasteiger partial charge in [0.1, 0.15) is 23.2 Å². The van der Waals surface area contributed by atoms with E-state index in [-0.39, 0.29) is 17.3 Å². The van der Waals surface area contributed by atoms with E-state index in [0.717, 1.165) is 22.7 Å². The second kappa shape index (κ2) is 6.99. The molecule has 7 nitrogen and oxygen atoms in total. The Kier molecular flexibility index (Phi) is 4.58. The van der Waals surface area contributed by atoms with Crippen LogP contribution >= 0.6 is 0 Å². The van der Waals surface area contributed by atoms with Gasteiger partial charge in [0, 0.05) is 24.0 Å². The van der Waals surface area contributed by atoms with E-state index in [1.807, 2.05) is 66.5 Å². The van der Waals surface area contributed by atoms with Gasteiger partial charge in [-0.05, 0) is 36.4 Å². The molecule has 0 aliphatic carbocycles. The fourth-order valence-electron chi connectivity index (χ4n) is 2.61. The number of aromatic nitrogens is 2. The minimum Gasteiger partial charge on any atom is -0.497 e. The molecule has 4 N–H and O–H groups in total. The van der Waals surface area contributed by atoms with Crippen LogP contribution in [0, 0.1) is 11.3 Å². The molecule has 0 bridgehead atoms. The zero-order chi connectivity index (χ0) is 18.7. The zero-order valence-electron chi connectivity index (χ0n) is 14.5. The van der Waals surface area contributed by atoms with Crippen LogP contribution in [-0.2, 0) is 0 Å². The molecule has 1 aromatic heterocycles. The lowest BCUT2D eigenvalue weighted by Gasteiger charge is -2.20. The van der Waals surface area contributed by atoms with Gasteiger partial charge in [0.05, 0.1) is 12.8 Å². The molecule has 3 aromatic rings. The van der Waals surface area contributed by atoms with E-state index in [4.69, 9.17) is 16.2 Å². The highest BCUT2D eigenvalue weighted by molar-refractivity contribution is 5.75. The SMILES string of the molecule is COc1ccc(N(C)c2ccc(-c3nc(N)nc(N)c3C#N)cc2)cc1. The number of benzene rings is 2. The number of ether oxygens (including phenoxy) is 1. The summed E-state index contributed by atoms with van der Waals surface area (Å²) in [6.07, 6.45) is 0. The Bertz CT molecular complexity index is 961. The normalized spacial score (nSPS) is 10.2. The maximum Gasteiger partial charge on any atom is 0.222 e. The number of anilines is 4. The van der Waals surface area contributed by atoms with Crippen molar-refractivity contribution in [3.05, 3.63) is 54.1 Å². The van der Waals surface area contributed by atoms with Crippen LogP contribution in [0.25, 0.3) is 11.3 Å². The second-order valence-electron chi connectivity index (χ2n) is 5.61. The van der Waals surface area contributed by atoms with Gasteiger partial charge in [0.15, 0.2) is 0 Å². The van der Waals surface area contributed by atoms with Gasteiger partial charge in [-0.25, -0.2) is 4.98 Å². The smallest absolute Gasteiger partial charge is 0.222 e. The second-order valence-corrected chi connectivity index (χ2v) is 5.61. The van der Waals surface area contributed by atoms with Crippen LogP contribution in [0.5, 0.6) is 5.75 Å². The summed E-state index contributed by atoms with van der Waals surface area (Å²) in [7, 11) is 3.61. The van der Waals surface area contributed by atoms with Crippen LogP contribution in [-0.4, -0.2) is 24.1 Å². The summed E-state index contributed by atoms with van der Waals surface area (Å²) in [6, 6.07) is 17.4. The van der Waals surface area contributed by atoms with Crippen LogP contribution in [0.15, 0.2) is 48.5 Å². The monoisotopic (exact) mass is 346 g/mol. The van der Waals surface area contributed by atoms with Gasteiger partial charge >= 0.3 is 0 Å². The molecule has 0 fully saturated rings. The number of nitriles is 1. The first kappa shape index (κ1) is 17.0. The Morgan fingerprint density at radius 2 is 1.54 bits per heavy atom. The molecule has 0 aliphatic heterocycles. The zero-order valence-corrected chi connectivity index (χ0v) is 14.5. The molecule has 0 aliphatic rings. The summed E-state index contributed by atoms with van der Waals surface area (Å²) in [4.78, 5) is 10.0. The molecule has 0 atom stereocenters. The average molecular weight is 346 g/mol. The maximum atomic E-state index is 9.32. The number of rotatable bonds is 4. The summed E-state index contributed by atoms with van der Waals surface area (Å²) in [5.41, 5.74) is 14.8. The van der Waals surface area contributed by atoms with Crippen LogP contribution in [0.4, 0.5) is 23.1 Å². The Morgan fingerprint density at radius 1 is 0.962 bits per heavy atom. The number of hydrogen-bond donors (Lipinski definition) is 2. The molecular weight excluding hydrogens is 328 g/mol. The fraction of sp³-hybridized carbons (Fsp3) is 0.105.